The standard InChI is InChI=1S/C37H39FN8O4/c1-3-50-31-10-5-4-9-26(31)28-22-27(25-8-7-15-45(24-25)33(47)12-16-46-17-14-40-42-46)34(38)35-29(28)23-30(41-35)37(48)44-20-18-43(19-21-44)36-32(49-2)11-6-13-39-36/h4-6,8-11,13-14,17,22-23,41H,3,7,12,15-16,18-21,24H2,1-2H3. The second-order valence-corrected chi connectivity index (χ2v) is 12.2. The Kier molecular flexibility index (Phi) is 9.45. The SMILES string of the molecule is CCOc1ccccc1-c1cc(C2=CCCN(C(=O)CCn3ccnn3)C2)c(F)c2[nH]c(C(=O)N3CCN(c4ncccc4OC)CC3)cc12. The number of nitrogens with one attached hydrogen (secondary N) is 1. The average Bonchev–Trinajstić information content (AvgIpc) is 3.86. The second kappa shape index (κ2) is 14.4. The average molecular weight is 679 g/mol. The molecule has 2 aliphatic heterocycles. The Morgan fingerprint density at radius 3 is 2.54 bits per heavy atom. The Hall–Kier alpha value is -5.72. The van der Waals surface area contributed by atoms with E-state index < -0.39 is 5.82 Å². The highest BCUT2D eigenvalue weighted by Gasteiger charge is 2.29. The van der Waals surface area contributed by atoms with Crippen molar-refractivity contribution in [2.24, 2.45) is 0 Å². The zero-order valence-electron chi connectivity index (χ0n) is 28.1. The number of fused-ring (bicyclic) bond motifs is 1. The minimum atomic E-state index is -0.466. The number of carbonyl (C=O) groups excluding carboxylic acids is 2. The lowest BCUT2D eigenvalue weighted by Crippen LogP contribution is -2.49. The molecule has 3 aromatic heterocycles. The molecule has 12 nitrogen and oxygen atoms in total. The van der Waals surface area contributed by atoms with Gasteiger partial charge in [-0.1, -0.05) is 29.5 Å². The molecule has 258 valence electrons. The smallest absolute Gasteiger partial charge is 0.270 e. The van der Waals surface area contributed by atoms with Crippen molar-refractivity contribution in [1.82, 2.24) is 34.8 Å². The van der Waals surface area contributed by atoms with Crippen molar-refractivity contribution < 1.29 is 23.5 Å². The molecule has 2 aliphatic rings. The Balaban J connectivity index is 1.20. The third kappa shape index (κ3) is 6.50. The molecule has 0 unspecified atom stereocenters. The van der Waals surface area contributed by atoms with Crippen LogP contribution in [0.1, 0.15) is 35.8 Å². The molecule has 2 aromatic carbocycles. The summed E-state index contributed by atoms with van der Waals surface area (Å²) in [4.78, 5) is 40.4. The first-order valence-corrected chi connectivity index (χ1v) is 16.9. The van der Waals surface area contributed by atoms with Crippen LogP contribution >= 0.6 is 0 Å². The highest BCUT2D eigenvalue weighted by Crippen LogP contribution is 2.40. The number of aryl methyl sites for hydroxylation is 1. The third-order valence-electron chi connectivity index (χ3n) is 9.27. The van der Waals surface area contributed by atoms with Gasteiger partial charge in [-0.25, -0.2) is 9.37 Å². The molecule has 0 aliphatic carbocycles. The lowest BCUT2D eigenvalue weighted by Gasteiger charge is -2.35. The number of ether oxygens (including phenoxy) is 2. The zero-order valence-corrected chi connectivity index (χ0v) is 28.1. The molecule has 5 aromatic rings. The lowest BCUT2D eigenvalue weighted by atomic mass is 9.93. The number of benzene rings is 2. The van der Waals surface area contributed by atoms with Crippen LogP contribution in [0.2, 0.25) is 0 Å². The first-order chi connectivity index (χ1) is 24.4. The van der Waals surface area contributed by atoms with E-state index in [0.717, 1.165) is 16.9 Å². The number of pyridine rings is 1. The number of H-pyrrole nitrogens is 1. The van der Waals surface area contributed by atoms with Gasteiger partial charge in [-0.3, -0.25) is 14.3 Å². The van der Waals surface area contributed by atoms with Crippen molar-refractivity contribution in [1.29, 1.82) is 0 Å². The maximum atomic E-state index is 16.7. The van der Waals surface area contributed by atoms with E-state index in [1.54, 1.807) is 46.2 Å². The van der Waals surface area contributed by atoms with Crippen molar-refractivity contribution in [2.75, 3.05) is 57.9 Å². The number of piperazine rings is 1. The maximum Gasteiger partial charge on any atom is 0.270 e. The number of amides is 2. The second-order valence-electron chi connectivity index (χ2n) is 12.2. The number of aromatic nitrogens is 5. The molecule has 2 amide bonds. The zero-order chi connectivity index (χ0) is 34.6. The summed E-state index contributed by atoms with van der Waals surface area (Å²) in [5, 5.41) is 8.33. The summed E-state index contributed by atoms with van der Waals surface area (Å²) in [5.74, 6) is 1.37. The fourth-order valence-corrected chi connectivity index (χ4v) is 6.75. The van der Waals surface area contributed by atoms with Crippen molar-refractivity contribution in [3.05, 3.63) is 90.3 Å². The molecule has 5 heterocycles. The van der Waals surface area contributed by atoms with Gasteiger partial charge in [0.15, 0.2) is 17.4 Å². The number of carbonyl (C=O) groups is 2. The van der Waals surface area contributed by atoms with Gasteiger partial charge in [0.25, 0.3) is 5.91 Å². The summed E-state index contributed by atoms with van der Waals surface area (Å²) in [5.41, 5.74) is 3.15. The molecule has 1 fully saturated rings. The number of halogens is 1. The molecule has 0 atom stereocenters. The first kappa shape index (κ1) is 32.8. The van der Waals surface area contributed by atoms with Crippen LogP contribution in [0.4, 0.5) is 10.2 Å². The highest BCUT2D eigenvalue weighted by molar-refractivity contribution is 6.05. The summed E-state index contributed by atoms with van der Waals surface area (Å²) in [6, 6.07) is 14.9. The van der Waals surface area contributed by atoms with E-state index in [1.807, 2.05) is 55.5 Å². The topological polar surface area (TPSA) is 122 Å². The largest absolute Gasteiger partial charge is 0.493 e. The molecule has 1 saturated heterocycles. The Morgan fingerprint density at radius 2 is 1.76 bits per heavy atom. The number of aromatic amines is 1. The maximum absolute atomic E-state index is 16.7. The van der Waals surface area contributed by atoms with Crippen LogP contribution in [0.5, 0.6) is 11.5 Å². The van der Waals surface area contributed by atoms with E-state index in [1.165, 1.54) is 0 Å². The molecule has 0 spiro atoms. The first-order valence-electron chi connectivity index (χ1n) is 16.9. The van der Waals surface area contributed by atoms with Gasteiger partial charge in [-0.2, -0.15) is 0 Å². The van der Waals surface area contributed by atoms with E-state index in [2.05, 4.69) is 25.2 Å². The van der Waals surface area contributed by atoms with Gasteiger partial charge >= 0.3 is 0 Å². The van der Waals surface area contributed by atoms with E-state index in [-0.39, 0.29) is 30.3 Å². The monoisotopic (exact) mass is 678 g/mol. The van der Waals surface area contributed by atoms with Gasteiger partial charge in [-0.15, -0.1) is 5.10 Å². The van der Waals surface area contributed by atoms with Crippen LogP contribution in [-0.4, -0.2) is 99.6 Å². The van der Waals surface area contributed by atoms with Crippen LogP contribution in [0.25, 0.3) is 27.6 Å². The van der Waals surface area contributed by atoms with Crippen molar-refractivity contribution in [3.8, 4) is 22.6 Å². The van der Waals surface area contributed by atoms with Crippen LogP contribution in [0.15, 0.2) is 73.2 Å². The molecule has 7 rings (SSSR count). The van der Waals surface area contributed by atoms with Crippen LogP contribution in [0, 0.1) is 5.82 Å². The molecule has 50 heavy (non-hydrogen) atoms. The summed E-state index contributed by atoms with van der Waals surface area (Å²) in [7, 11) is 1.62. The van der Waals surface area contributed by atoms with E-state index in [4.69, 9.17) is 9.47 Å². The number of anilines is 1. The normalized spacial score (nSPS) is 14.9. The molecular formula is C37H39FN8O4. The van der Waals surface area contributed by atoms with Gasteiger partial charge in [0.05, 0.1) is 32.0 Å². The number of hydrogen-bond donors (Lipinski definition) is 1. The quantitative estimate of drug-likeness (QED) is 0.218. The van der Waals surface area contributed by atoms with Crippen LogP contribution in [-0.2, 0) is 11.3 Å². The van der Waals surface area contributed by atoms with E-state index in [9.17, 15) is 9.59 Å². The van der Waals surface area contributed by atoms with E-state index >= 15 is 4.39 Å². The van der Waals surface area contributed by atoms with Gasteiger partial charge in [-0.05, 0) is 54.8 Å². The summed E-state index contributed by atoms with van der Waals surface area (Å²) >= 11 is 0. The minimum Gasteiger partial charge on any atom is -0.493 e. The predicted octanol–water partition coefficient (Wildman–Crippen LogP) is 5.04. The molecule has 13 heteroatoms. The van der Waals surface area contributed by atoms with Gasteiger partial charge in [0.1, 0.15) is 11.4 Å². The van der Waals surface area contributed by atoms with Crippen molar-refractivity contribution >= 4 is 34.1 Å². The van der Waals surface area contributed by atoms with Gasteiger partial charge in [0, 0.05) is 74.6 Å². The predicted molar refractivity (Wildman–Crippen MR) is 188 cm³/mol. The summed E-state index contributed by atoms with van der Waals surface area (Å²) in [6.45, 7) is 5.69. The Labute approximate surface area is 289 Å². The minimum absolute atomic E-state index is 0.0381. The number of hydrogen-bond acceptors (Lipinski definition) is 8. The number of para-hydroxylation sites is 1. The molecule has 0 bridgehead atoms. The van der Waals surface area contributed by atoms with Gasteiger partial charge < -0.3 is 29.2 Å². The van der Waals surface area contributed by atoms with E-state index in [0.29, 0.717) is 86.0 Å². The molecular weight excluding hydrogens is 639 g/mol. The highest BCUT2D eigenvalue weighted by atomic mass is 19.1. The molecule has 1 N–H and O–H groups in total. The lowest BCUT2D eigenvalue weighted by molar-refractivity contribution is -0.131. The number of rotatable bonds is 10. The summed E-state index contributed by atoms with van der Waals surface area (Å²) in [6.07, 6.45) is 7.87. The summed E-state index contributed by atoms with van der Waals surface area (Å²) < 4.78 is 29.8. The van der Waals surface area contributed by atoms with Crippen molar-refractivity contribution in [3.63, 3.8) is 0 Å². The van der Waals surface area contributed by atoms with Crippen LogP contribution in [0.3, 0.4) is 0 Å². The Morgan fingerprint density at radius 1 is 0.940 bits per heavy atom. The number of methoxy groups -OCH3 is 1. The molecule has 0 radical (unpaired) electrons. The van der Waals surface area contributed by atoms with Gasteiger partial charge in [0.2, 0.25) is 5.91 Å². The Bertz CT molecular complexity index is 2030. The third-order valence-corrected chi connectivity index (χ3v) is 9.27. The fourth-order valence-electron chi connectivity index (χ4n) is 6.75. The van der Waals surface area contributed by atoms with Crippen LogP contribution < -0.4 is 14.4 Å². The number of nitrogens with zero attached hydrogens (tertiary/aromatic N) is 7. The molecule has 0 saturated carbocycles. The van der Waals surface area contributed by atoms with Crippen molar-refractivity contribution in [2.45, 2.75) is 26.3 Å². The fraction of sp³-hybridized carbons (Fsp3) is 0.324.